The van der Waals surface area contributed by atoms with Crippen LogP contribution < -0.4 is 0 Å². The quantitative estimate of drug-likeness (QED) is 0.340. The molecule has 3 aromatic carbocycles. The van der Waals surface area contributed by atoms with E-state index in [-0.39, 0.29) is 0 Å². The number of halogens is 2. The molecule has 0 saturated carbocycles. The van der Waals surface area contributed by atoms with Crippen LogP contribution in [0.5, 0.6) is 0 Å². The highest BCUT2D eigenvalue weighted by Crippen LogP contribution is 2.32. The highest BCUT2D eigenvalue weighted by Gasteiger charge is 2.10. The van der Waals surface area contributed by atoms with Gasteiger partial charge in [-0.3, -0.25) is 0 Å². The Kier molecular flexibility index (Phi) is 4.73. The summed E-state index contributed by atoms with van der Waals surface area (Å²) in [5, 5.41) is 12.9. The first-order valence-corrected chi connectivity index (χ1v) is 9.06. The molecule has 0 aliphatic rings. The van der Waals surface area contributed by atoms with E-state index in [4.69, 9.17) is 27.6 Å². The number of benzene rings is 3. The number of hydrogen-bond acceptors (Lipinski definition) is 2. The van der Waals surface area contributed by atoms with Gasteiger partial charge in [-0.25, -0.2) is 0 Å². The molecule has 2 nitrogen and oxygen atoms in total. The summed E-state index contributed by atoms with van der Waals surface area (Å²) in [5.74, 6) is 1.21. The maximum Gasteiger partial charge on any atom is 0.136 e. The van der Waals surface area contributed by atoms with E-state index >= 15 is 0 Å². The normalized spacial score (nSPS) is 11.5. The van der Waals surface area contributed by atoms with E-state index in [1.165, 1.54) is 0 Å². The van der Waals surface area contributed by atoms with Crippen molar-refractivity contribution in [2.75, 3.05) is 0 Å². The Hall–Kier alpha value is -2.99. The molecule has 0 radical (unpaired) electrons. The SMILES string of the molecule is N#C/C(=C\c1ccc(-c2ccc(Cl)cc2Cl)o1)c1ccc2ccccc2c1. The van der Waals surface area contributed by atoms with Crippen LogP contribution in [0.1, 0.15) is 11.3 Å². The Bertz CT molecular complexity index is 1210. The van der Waals surface area contributed by atoms with E-state index in [0.717, 1.165) is 21.9 Å². The predicted molar refractivity (Wildman–Crippen MR) is 112 cm³/mol. The average Bonchev–Trinajstić information content (AvgIpc) is 3.14. The minimum absolute atomic E-state index is 0.516. The zero-order chi connectivity index (χ0) is 18.8. The van der Waals surface area contributed by atoms with Crippen molar-refractivity contribution in [3.8, 4) is 17.4 Å². The Morgan fingerprint density at radius 1 is 0.889 bits per heavy atom. The van der Waals surface area contributed by atoms with Crippen LogP contribution in [0.15, 0.2) is 77.2 Å². The Morgan fingerprint density at radius 3 is 2.48 bits per heavy atom. The summed E-state index contributed by atoms with van der Waals surface area (Å²) in [6.07, 6.45) is 1.73. The first-order chi connectivity index (χ1) is 13.1. The van der Waals surface area contributed by atoms with Gasteiger partial charge in [0.15, 0.2) is 0 Å². The largest absolute Gasteiger partial charge is 0.457 e. The number of fused-ring (bicyclic) bond motifs is 1. The lowest BCUT2D eigenvalue weighted by molar-refractivity contribution is 0.572. The number of nitrogens with zero attached hydrogens (tertiary/aromatic N) is 1. The molecule has 4 heteroatoms. The van der Waals surface area contributed by atoms with Crippen molar-refractivity contribution < 1.29 is 4.42 Å². The van der Waals surface area contributed by atoms with Gasteiger partial charge in [-0.1, -0.05) is 59.6 Å². The molecule has 4 rings (SSSR count). The van der Waals surface area contributed by atoms with Crippen LogP contribution in [-0.2, 0) is 0 Å². The zero-order valence-corrected chi connectivity index (χ0v) is 15.6. The third-order valence-corrected chi connectivity index (χ3v) is 4.84. The molecule has 130 valence electrons. The van der Waals surface area contributed by atoms with E-state index in [2.05, 4.69) is 6.07 Å². The predicted octanol–water partition coefficient (Wildman–Crippen LogP) is 7.47. The summed E-state index contributed by atoms with van der Waals surface area (Å²) in [6.45, 7) is 0. The molecule has 0 saturated heterocycles. The number of allylic oxidation sites excluding steroid dienone is 1. The van der Waals surface area contributed by atoms with Crippen LogP contribution in [0.2, 0.25) is 10.0 Å². The van der Waals surface area contributed by atoms with Gasteiger partial charge in [0.2, 0.25) is 0 Å². The fourth-order valence-electron chi connectivity index (χ4n) is 2.94. The van der Waals surface area contributed by atoms with Gasteiger partial charge in [-0.2, -0.15) is 5.26 Å². The minimum Gasteiger partial charge on any atom is -0.457 e. The zero-order valence-electron chi connectivity index (χ0n) is 14.1. The summed E-state index contributed by atoms with van der Waals surface area (Å²) in [5.41, 5.74) is 2.13. The number of hydrogen-bond donors (Lipinski definition) is 0. The van der Waals surface area contributed by atoms with Gasteiger partial charge < -0.3 is 4.42 Å². The standard InChI is InChI=1S/C23H13Cl2NO/c24-19-7-9-21(22(25)13-19)23-10-8-20(27-23)12-18(14-26)17-6-5-15-3-1-2-4-16(15)11-17/h1-13H/b18-12+. The summed E-state index contributed by atoms with van der Waals surface area (Å²) in [7, 11) is 0. The third-order valence-electron chi connectivity index (χ3n) is 4.29. The van der Waals surface area contributed by atoms with E-state index in [9.17, 15) is 5.26 Å². The second kappa shape index (κ2) is 7.32. The molecule has 0 unspecified atom stereocenters. The van der Waals surface area contributed by atoms with Gasteiger partial charge in [-0.05, 0) is 58.8 Å². The molecule has 4 aromatic rings. The summed E-state index contributed by atoms with van der Waals surface area (Å²) < 4.78 is 5.88. The van der Waals surface area contributed by atoms with Crippen LogP contribution in [-0.4, -0.2) is 0 Å². The van der Waals surface area contributed by atoms with Crippen molar-refractivity contribution in [1.29, 1.82) is 5.26 Å². The molecule has 1 heterocycles. The molecule has 27 heavy (non-hydrogen) atoms. The van der Waals surface area contributed by atoms with Crippen molar-refractivity contribution in [2.45, 2.75) is 0 Å². The van der Waals surface area contributed by atoms with Crippen molar-refractivity contribution in [3.05, 3.63) is 94.2 Å². The Morgan fingerprint density at radius 2 is 1.70 bits per heavy atom. The van der Waals surface area contributed by atoms with Crippen LogP contribution in [0.25, 0.3) is 33.7 Å². The lowest BCUT2D eigenvalue weighted by Gasteiger charge is -2.03. The van der Waals surface area contributed by atoms with Gasteiger partial charge in [-0.15, -0.1) is 0 Å². The molecule has 0 fully saturated rings. The summed E-state index contributed by atoms with van der Waals surface area (Å²) in [6, 6.07) is 25.2. The van der Waals surface area contributed by atoms with Crippen LogP contribution in [0.3, 0.4) is 0 Å². The van der Waals surface area contributed by atoms with Gasteiger partial charge >= 0.3 is 0 Å². The fourth-order valence-corrected chi connectivity index (χ4v) is 3.45. The molecular weight excluding hydrogens is 377 g/mol. The van der Waals surface area contributed by atoms with E-state index < -0.39 is 0 Å². The molecule has 0 bridgehead atoms. The molecule has 0 aliphatic heterocycles. The average molecular weight is 390 g/mol. The lowest BCUT2D eigenvalue weighted by Crippen LogP contribution is -1.82. The number of nitriles is 1. The molecule has 0 atom stereocenters. The molecular formula is C23H13Cl2NO. The van der Waals surface area contributed by atoms with E-state index in [0.29, 0.717) is 27.1 Å². The minimum atomic E-state index is 0.516. The highest BCUT2D eigenvalue weighted by atomic mass is 35.5. The van der Waals surface area contributed by atoms with Crippen molar-refractivity contribution in [2.24, 2.45) is 0 Å². The van der Waals surface area contributed by atoms with Crippen molar-refractivity contribution >= 4 is 45.6 Å². The van der Waals surface area contributed by atoms with Crippen LogP contribution in [0.4, 0.5) is 0 Å². The molecule has 0 N–H and O–H groups in total. The van der Waals surface area contributed by atoms with Gasteiger partial charge in [0.25, 0.3) is 0 Å². The molecule has 0 spiro atoms. The molecule has 0 aliphatic carbocycles. The van der Waals surface area contributed by atoms with Gasteiger partial charge in [0.05, 0.1) is 16.7 Å². The monoisotopic (exact) mass is 389 g/mol. The fraction of sp³-hybridized carbons (Fsp3) is 0. The number of rotatable bonds is 3. The van der Waals surface area contributed by atoms with E-state index in [1.807, 2.05) is 60.7 Å². The van der Waals surface area contributed by atoms with E-state index in [1.54, 1.807) is 18.2 Å². The third kappa shape index (κ3) is 3.61. The van der Waals surface area contributed by atoms with Gasteiger partial charge in [0, 0.05) is 10.6 Å². The van der Waals surface area contributed by atoms with Gasteiger partial charge in [0.1, 0.15) is 11.5 Å². The second-order valence-corrected chi connectivity index (χ2v) is 6.90. The van der Waals surface area contributed by atoms with Crippen LogP contribution in [0, 0.1) is 11.3 Å². The Labute approximate surface area is 166 Å². The maximum absolute atomic E-state index is 9.62. The molecule has 0 amide bonds. The Balaban J connectivity index is 1.71. The topological polar surface area (TPSA) is 36.9 Å². The molecule has 1 aromatic heterocycles. The van der Waals surface area contributed by atoms with Crippen LogP contribution >= 0.6 is 23.2 Å². The first-order valence-electron chi connectivity index (χ1n) is 8.30. The second-order valence-electron chi connectivity index (χ2n) is 6.06. The van der Waals surface area contributed by atoms with Crippen molar-refractivity contribution in [3.63, 3.8) is 0 Å². The summed E-state index contributed by atoms with van der Waals surface area (Å²) >= 11 is 12.2. The highest BCUT2D eigenvalue weighted by molar-refractivity contribution is 6.36. The van der Waals surface area contributed by atoms with Crippen molar-refractivity contribution in [1.82, 2.24) is 0 Å². The summed E-state index contributed by atoms with van der Waals surface area (Å²) in [4.78, 5) is 0. The number of furan rings is 1. The first kappa shape index (κ1) is 17.4. The smallest absolute Gasteiger partial charge is 0.136 e. The lowest BCUT2D eigenvalue weighted by atomic mass is 10.0. The maximum atomic E-state index is 9.62.